The van der Waals surface area contributed by atoms with Crippen molar-refractivity contribution < 1.29 is 13.6 Å². The number of amides is 1. The largest absolute Gasteiger partial charge is 0.352 e. The minimum absolute atomic E-state index is 0.0327. The molecule has 0 spiro atoms. The van der Waals surface area contributed by atoms with Gasteiger partial charge >= 0.3 is 0 Å². The molecule has 4 rings (SSSR count). The van der Waals surface area contributed by atoms with Gasteiger partial charge in [0.05, 0.1) is 6.42 Å². The summed E-state index contributed by atoms with van der Waals surface area (Å²) in [5.74, 6) is -2.19. The van der Waals surface area contributed by atoms with E-state index in [2.05, 4.69) is 32.1 Å². The molecule has 2 heterocycles. The molecule has 1 fully saturated rings. The Morgan fingerprint density at radius 2 is 1.62 bits per heavy atom. The van der Waals surface area contributed by atoms with E-state index in [-0.39, 0.29) is 24.3 Å². The molecule has 6 nitrogen and oxygen atoms in total. The van der Waals surface area contributed by atoms with Gasteiger partial charge in [-0.25, -0.2) is 13.8 Å². The van der Waals surface area contributed by atoms with Crippen LogP contribution in [0.5, 0.6) is 0 Å². The molecular formula is C26H29F2N5O. The van der Waals surface area contributed by atoms with Crippen LogP contribution >= 0.6 is 0 Å². The van der Waals surface area contributed by atoms with Crippen molar-refractivity contribution >= 4 is 17.4 Å². The molecule has 3 aromatic rings. The second kappa shape index (κ2) is 10.3. The van der Waals surface area contributed by atoms with Crippen LogP contribution in [0.15, 0.2) is 60.9 Å². The van der Waals surface area contributed by atoms with Gasteiger partial charge in [0.1, 0.15) is 5.69 Å². The molecule has 1 amide bonds. The molecule has 1 saturated heterocycles. The van der Waals surface area contributed by atoms with Crippen molar-refractivity contribution in [3.63, 3.8) is 0 Å². The summed E-state index contributed by atoms with van der Waals surface area (Å²) in [5, 5.41) is 2.87. The Kier molecular flexibility index (Phi) is 7.17. The van der Waals surface area contributed by atoms with Crippen molar-refractivity contribution in [3.05, 3.63) is 72.1 Å². The molecule has 1 aromatic heterocycles. The maximum atomic E-state index is 13.8. The Morgan fingerprint density at radius 3 is 2.26 bits per heavy atom. The van der Waals surface area contributed by atoms with Crippen molar-refractivity contribution in [1.29, 1.82) is 0 Å². The van der Waals surface area contributed by atoms with Gasteiger partial charge in [0.2, 0.25) is 5.91 Å². The fourth-order valence-electron chi connectivity index (χ4n) is 3.96. The van der Waals surface area contributed by atoms with Crippen LogP contribution in [0.1, 0.15) is 24.5 Å². The summed E-state index contributed by atoms with van der Waals surface area (Å²) in [6.45, 7) is 5.19. The first-order valence-electron chi connectivity index (χ1n) is 11.5. The molecule has 8 heteroatoms. The van der Waals surface area contributed by atoms with Crippen LogP contribution in [0.3, 0.4) is 0 Å². The van der Waals surface area contributed by atoms with Crippen molar-refractivity contribution in [1.82, 2.24) is 14.9 Å². The molecule has 178 valence electrons. The van der Waals surface area contributed by atoms with E-state index in [1.54, 1.807) is 24.5 Å². The molecule has 0 unspecified atom stereocenters. The van der Waals surface area contributed by atoms with Gasteiger partial charge in [-0.3, -0.25) is 9.78 Å². The van der Waals surface area contributed by atoms with E-state index < -0.39 is 5.92 Å². The molecule has 0 atom stereocenters. The van der Waals surface area contributed by atoms with Crippen molar-refractivity contribution in [3.8, 4) is 11.3 Å². The summed E-state index contributed by atoms with van der Waals surface area (Å²) < 4.78 is 27.6. The van der Waals surface area contributed by atoms with Crippen LogP contribution in [-0.2, 0) is 17.1 Å². The van der Waals surface area contributed by atoms with Gasteiger partial charge in [-0.05, 0) is 24.7 Å². The highest BCUT2D eigenvalue weighted by atomic mass is 19.3. The van der Waals surface area contributed by atoms with E-state index in [1.165, 1.54) is 19.1 Å². The first kappa shape index (κ1) is 23.8. The van der Waals surface area contributed by atoms with E-state index in [1.807, 2.05) is 24.3 Å². The van der Waals surface area contributed by atoms with Gasteiger partial charge < -0.3 is 15.1 Å². The highest BCUT2D eigenvalue weighted by molar-refractivity contribution is 5.92. The molecule has 0 radical (unpaired) electrons. The zero-order valence-corrected chi connectivity index (χ0v) is 19.5. The normalized spacial score (nSPS) is 14.8. The minimum atomic E-state index is -2.85. The maximum absolute atomic E-state index is 13.8. The third-order valence-electron chi connectivity index (χ3n) is 6.11. The monoisotopic (exact) mass is 465 g/mol. The van der Waals surface area contributed by atoms with Crippen molar-refractivity contribution in [2.75, 3.05) is 43.4 Å². The fourth-order valence-corrected chi connectivity index (χ4v) is 3.96. The zero-order valence-electron chi connectivity index (χ0n) is 19.5. The summed E-state index contributed by atoms with van der Waals surface area (Å²) >= 11 is 0. The van der Waals surface area contributed by atoms with Gasteiger partial charge in [0.25, 0.3) is 5.92 Å². The predicted octanol–water partition coefficient (Wildman–Crippen LogP) is 4.58. The topological polar surface area (TPSA) is 61.4 Å². The SMILES string of the molecule is CCC(F)(F)c1ccc(CC(=O)Nc2ccc(-c3nccnc3N3CCN(C)CC3)cc2)cc1. The van der Waals surface area contributed by atoms with Gasteiger partial charge in [-0.15, -0.1) is 0 Å². The lowest BCUT2D eigenvalue weighted by Crippen LogP contribution is -2.45. The van der Waals surface area contributed by atoms with E-state index in [4.69, 9.17) is 0 Å². The molecule has 0 aliphatic carbocycles. The number of alkyl halides is 2. The summed E-state index contributed by atoms with van der Waals surface area (Å²) in [5.41, 5.74) is 3.05. The van der Waals surface area contributed by atoms with Gasteiger partial charge in [0, 0.05) is 61.8 Å². The van der Waals surface area contributed by atoms with E-state index in [0.29, 0.717) is 11.3 Å². The Hall–Kier alpha value is -3.39. The summed E-state index contributed by atoms with van der Waals surface area (Å²) in [6.07, 6.45) is 3.25. The number of halogens is 2. The molecule has 1 N–H and O–H groups in total. The number of carbonyl (C=O) groups is 1. The van der Waals surface area contributed by atoms with E-state index in [0.717, 1.165) is 43.3 Å². The van der Waals surface area contributed by atoms with E-state index in [9.17, 15) is 13.6 Å². The third-order valence-corrected chi connectivity index (χ3v) is 6.11. The molecule has 1 aliphatic rings. The van der Waals surface area contributed by atoms with Crippen LogP contribution in [0.25, 0.3) is 11.3 Å². The number of piperazine rings is 1. The van der Waals surface area contributed by atoms with Gasteiger partial charge in [-0.2, -0.15) is 0 Å². The highest BCUT2D eigenvalue weighted by Crippen LogP contribution is 2.31. The average Bonchev–Trinajstić information content (AvgIpc) is 2.85. The minimum Gasteiger partial charge on any atom is -0.352 e. The first-order chi connectivity index (χ1) is 16.4. The number of anilines is 2. The van der Waals surface area contributed by atoms with Gasteiger partial charge in [0.15, 0.2) is 5.82 Å². The molecule has 2 aromatic carbocycles. The lowest BCUT2D eigenvalue weighted by Gasteiger charge is -2.33. The van der Waals surface area contributed by atoms with Crippen LogP contribution < -0.4 is 10.2 Å². The number of hydrogen-bond donors (Lipinski definition) is 1. The number of likely N-dealkylation sites (N-methyl/N-ethyl adjacent to an activating group) is 1. The number of rotatable bonds is 7. The number of nitrogens with zero attached hydrogens (tertiary/aromatic N) is 4. The predicted molar refractivity (Wildman–Crippen MR) is 130 cm³/mol. The van der Waals surface area contributed by atoms with E-state index >= 15 is 0 Å². The summed E-state index contributed by atoms with van der Waals surface area (Å²) in [7, 11) is 2.11. The highest BCUT2D eigenvalue weighted by Gasteiger charge is 2.28. The van der Waals surface area contributed by atoms with Crippen LogP contribution in [0.4, 0.5) is 20.3 Å². The zero-order chi connectivity index (χ0) is 24.1. The Labute approximate surface area is 198 Å². The number of aromatic nitrogens is 2. The standard InChI is InChI=1S/C26H29F2N5O/c1-3-26(27,28)21-8-4-19(5-9-21)18-23(34)31-22-10-6-20(7-11-22)24-25(30-13-12-29-24)33-16-14-32(2)15-17-33/h4-13H,3,14-18H2,1-2H3,(H,31,34). The average molecular weight is 466 g/mol. The lowest BCUT2D eigenvalue weighted by atomic mass is 10.0. The third kappa shape index (κ3) is 5.56. The van der Waals surface area contributed by atoms with Crippen LogP contribution in [0.2, 0.25) is 0 Å². The molecule has 34 heavy (non-hydrogen) atoms. The number of benzene rings is 2. The first-order valence-corrected chi connectivity index (χ1v) is 11.5. The lowest BCUT2D eigenvalue weighted by molar-refractivity contribution is -0.115. The molecule has 0 bridgehead atoms. The van der Waals surface area contributed by atoms with Crippen molar-refractivity contribution in [2.24, 2.45) is 0 Å². The van der Waals surface area contributed by atoms with Crippen LogP contribution in [-0.4, -0.2) is 54.0 Å². The Morgan fingerprint density at radius 1 is 0.971 bits per heavy atom. The summed E-state index contributed by atoms with van der Waals surface area (Å²) in [6, 6.07) is 13.4. The maximum Gasteiger partial charge on any atom is 0.273 e. The number of carbonyl (C=O) groups excluding carboxylic acids is 1. The van der Waals surface area contributed by atoms with Crippen LogP contribution in [0, 0.1) is 0 Å². The number of nitrogens with one attached hydrogen (secondary N) is 1. The summed E-state index contributed by atoms with van der Waals surface area (Å²) in [4.78, 5) is 26.1. The van der Waals surface area contributed by atoms with Crippen molar-refractivity contribution in [2.45, 2.75) is 25.7 Å². The fraction of sp³-hybridized carbons (Fsp3) is 0.346. The number of hydrogen-bond acceptors (Lipinski definition) is 5. The molecule has 0 saturated carbocycles. The quantitative estimate of drug-likeness (QED) is 0.554. The van der Waals surface area contributed by atoms with Gasteiger partial charge in [-0.1, -0.05) is 43.3 Å². The second-order valence-electron chi connectivity index (χ2n) is 8.58. The second-order valence-corrected chi connectivity index (χ2v) is 8.58. The smallest absolute Gasteiger partial charge is 0.273 e. The molecule has 1 aliphatic heterocycles. The molecular weight excluding hydrogens is 436 g/mol. The Bertz CT molecular complexity index is 1110. The Balaban J connectivity index is 1.40.